The highest BCUT2D eigenvalue weighted by Gasteiger charge is 2.15. The largest absolute Gasteiger partial charge is 0.507 e. The van der Waals surface area contributed by atoms with Crippen molar-refractivity contribution in [2.24, 2.45) is 0 Å². The molecule has 0 spiro atoms. The predicted octanol–water partition coefficient (Wildman–Crippen LogP) is 5.31. The number of hydrogen-bond donors (Lipinski definition) is 1. The van der Waals surface area contributed by atoms with Crippen LogP contribution in [-0.4, -0.2) is 5.11 Å². The average Bonchev–Trinajstić information content (AvgIpc) is 2.34. The van der Waals surface area contributed by atoms with E-state index in [1.54, 1.807) is 6.92 Å². The Kier molecular flexibility index (Phi) is 5.03. The van der Waals surface area contributed by atoms with Gasteiger partial charge >= 0.3 is 0 Å². The fourth-order valence-electron chi connectivity index (χ4n) is 1.84. The monoisotopic (exact) mass is 276 g/mol. The topological polar surface area (TPSA) is 20.2 Å². The molecule has 1 N–H and O–H groups in total. The van der Waals surface area contributed by atoms with Crippen molar-refractivity contribution in [1.82, 2.24) is 0 Å². The molecule has 0 aromatic heterocycles. The van der Waals surface area contributed by atoms with Gasteiger partial charge in [-0.1, -0.05) is 30.4 Å². The molecule has 0 saturated carbocycles. The summed E-state index contributed by atoms with van der Waals surface area (Å²) in [5.74, 6) is -1.76. The second-order valence-corrected chi connectivity index (χ2v) is 4.80. The van der Waals surface area contributed by atoms with Crippen molar-refractivity contribution < 1.29 is 13.9 Å². The van der Waals surface area contributed by atoms with Crippen molar-refractivity contribution in [2.75, 3.05) is 0 Å². The number of hydrogen-bond acceptors (Lipinski definition) is 1. The molecular weight excluding hydrogens is 258 g/mol. The highest BCUT2D eigenvalue weighted by Crippen LogP contribution is 2.33. The maximum atomic E-state index is 14.2. The van der Waals surface area contributed by atoms with Crippen LogP contribution in [0.5, 0.6) is 5.75 Å². The van der Waals surface area contributed by atoms with Crippen LogP contribution in [0.4, 0.5) is 8.78 Å². The molecule has 0 saturated heterocycles. The molecule has 1 nitrogen and oxygen atoms in total. The van der Waals surface area contributed by atoms with E-state index in [2.05, 4.69) is 13.2 Å². The summed E-state index contributed by atoms with van der Waals surface area (Å²) >= 11 is 0. The maximum absolute atomic E-state index is 14.2. The highest BCUT2D eigenvalue weighted by molar-refractivity contribution is 5.79. The smallest absolute Gasteiger partial charge is 0.134 e. The second-order valence-electron chi connectivity index (χ2n) is 4.80. The van der Waals surface area contributed by atoms with Crippen LogP contribution >= 0.6 is 0 Å². The minimum absolute atomic E-state index is 0.194. The van der Waals surface area contributed by atoms with Crippen LogP contribution in [0.2, 0.25) is 0 Å². The molecule has 106 valence electrons. The molecule has 1 aromatic carbocycles. The fraction of sp³-hybridized carbons (Fsp3) is 0.176. The van der Waals surface area contributed by atoms with Gasteiger partial charge in [0.05, 0.1) is 5.56 Å². The number of allylic oxidation sites excluding steroid dienone is 6. The first-order chi connectivity index (χ1) is 9.25. The van der Waals surface area contributed by atoms with Crippen molar-refractivity contribution in [1.29, 1.82) is 0 Å². The number of aromatic hydroxyl groups is 1. The predicted molar refractivity (Wildman–Crippen MR) is 79.5 cm³/mol. The summed E-state index contributed by atoms with van der Waals surface area (Å²) in [4.78, 5) is 0. The standard InChI is InChI=1S/C17H18F2O/c1-10(2)13(11(3)4)9-15(19)12(5)17-14(18)7-6-8-16(17)20/h6-9,20H,1,5H2,2-4H3/b15-9+. The van der Waals surface area contributed by atoms with Crippen LogP contribution in [0.3, 0.4) is 0 Å². The van der Waals surface area contributed by atoms with Crippen LogP contribution in [-0.2, 0) is 0 Å². The zero-order valence-electron chi connectivity index (χ0n) is 11.9. The van der Waals surface area contributed by atoms with Crippen molar-refractivity contribution in [3.8, 4) is 5.75 Å². The Morgan fingerprint density at radius 1 is 1.20 bits per heavy atom. The number of rotatable bonds is 4. The third kappa shape index (κ3) is 3.44. The summed E-state index contributed by atoms with van der Waals surface area (Å²) in [6, 6.07) is 3.78. The molecule has 0 aliphatic heterocycles. The maximum Gasteiger partial charge on any atom is 0.134 e. The van der Waals surface area contributed by atoms with Crippen LogP contribution in [0, 0.1) is 5.82 Å². The van der Waals surface area contributed by atoms with Gasteiger partial charge in [-0.05, 0) is 44.6 Å². The van der Waals surface area contributed by atoms with E-state index in [-0.39, 0.29) is 16.9 Å². The Morgan fingerprint density at radius 2 is 1.80 bits per heavy atom. The number of phenolic OH excluding ortho intramolecular Hbond substituents is 1. The molecule has 0 bridgehead atoms. The molecule has 0 aliphatic rings. The van der Waals surface area contributed by atoms with Gasteiger partial charge in [-0.15, -0.1) is 0 Å². The molecule has 0 fully saturated rings. The second kappa shape index (κ2) is 6.33. The molecule has 0 amide bonds. The molecule has 20 heavy (non-hydrogen) atoms. The van der Waals surface area contributed by atoms with Gasteiger partial charge in [0.2, 0.25) is 0 Å². The Morgan fingerprint density at radius 3 is 2.25 bits per heavy atom. The summed E-state index contributed by atoms with van der Waals surface area (Å²) in [5.41, 5.74) is 1.81. The van der Waals surface area contributed by atoms with E-state index in [1.807, 2.05) is 13.8 Å². The number of halogens is 2. The lowest BCUT2D eigenvalue weighted by Gasteiger charge is -2.09. The van der Waals surface area contributed by atoms with E-state index in [4.69, 9.17) is 0 Å². The number of phenols is 1. The Bertz CT molecular complexity index is 598. The van der Waals surface area contributed by atoms with Crippen LogP contribution in [0.15, 0.2) is 60.0 Å². The summed E-state index contributed by atoms with van der Waals surface area (Å²) in [7, 11) is 0. The third-order valence-corrected chi connectivity index (χ3v) is 2.85. The van der Waals surface area contributed by atoms with Crippen molar-refractivity contribution in [3.63, 3.8) is 0 Å². The van der Waals surface area contributed by atoms with Crippen molar-refractivity contribution in [3.05, 3.63) is 71.4 Å². The third-order valence-electron chi connectivity index (χ3n) is 2.85. The first-order valence-corrected chi connectivity index (χ1v) is 6.13. The minimum atomic E-state index is -0.715. The van der Waals surface area contributed by atoms with Crippen molar-refractivity contribution >= 4 is 5.57 Å². The molecule has 0 unspecified atom stereocenters. The van der Waals surface area contributed by atoms with Gasteiger partial charge in [-0.2, -0.15) is 0 Å². The summed E-state index contributed by atoms with van der Waals surface area (Å²) in [6.45, 7) is 12.7. The van der Waals surface area contributed by atoms with E-state index >= 15 is 0 Å². The molecule has 0 aliphatic carbocycles. The van der Waals surface area contributed by atoms with Gasteiger partial charge in [0.1, 0.15) is 17.4 Å². The lowest BCUT2D eigenvalue weighted by molar-refractivity contribution is 0.466. The lowest BCUT2D eigenvalue weighted by atomic mass is 9.99. The van der Waals surface area contributed by atoms with Gasteiger partial charge < -0.3 is 5.11 Å². The molecule has 0 heterocycles. The molecule has 0 radical (unpaired) electrons. The van der Waals surface area contributed by atoms with Gasteiger partial charge in [0, 0.05) is 5.57 Å². The molecule has 0 atom stereocenters. The summed E-state index contributed by atoms with van der Waals surface area (Å²) in [6.07, 6.45) is 1.26. The Hall–Kier alpha value is -2.16. The van der Waals surface area contributed by atoms with E-state index in [0.29, 0.717) is 11.1 Å². The molecule has 1 aromatic rings. The van der Waals surface area contributed by atoms with E-state index < -0.39 is 11.6 Å². The average molecular weight is 276 g/mol. The van der Waals surface area contributed by atoms with E-state index in [0.717, 1.165) is 11.6 Å². The first-order valence-electron chi connectivity index (χ1n) is 6.13. The fourth-order valence-corrected chi connectivity index (χ4v) is 1.84. The molecule has 3 heteroatoms. The van der Waals surface area contributed by atoms with E-state index in [1.165, 1.54) is 18.2 Å². The summed E-state index contributed by atoms with van der Waals surface area (Å²) in [5, 5.41) is 9.64. The highest BCUT2D eigenvalue weighted by atomic mass is 19.1. The number of benzene rings is 1. The van der Waals surface area contributed by atoms with E-state index in [9.17, 15) is 13.9 Å². The first kappa shape index (κ1) is 15.9. The molecule has 1 rings (SSSR count). The van der Waals surface area contributed by atoms with Gasteiger partial charge in [0.15, 0.2) is 0 Å². The quantitative estimate of drug-likeness (QED) is 0.739. The summed E-state index contributed by atoms with van der Waals surface area (Å²) < 4.78 is 27.9. The van der Waals surface area contributed by atoms with Gasteiger partial charge in [-0.25, -0.2) is 8.78 Å². The Balaban J connectivity index is 3.28. The van der Waals surface area contributed by atoms with Crippen LogP contribution < -0.4 is 0 Å². The van der Waals surface area contributed by atoms with Crippen LogP contribution in [0.1, 0.15) is 26.3 Å². The molecular formula is C17H18F2O. The van der Waals surface area contributed by atoms with Crippen LogP contribution in [0.25, 0.3) is 5.57 Å². The lowest BCUT2D eigenvalue weighted by Crippen LogP contribution is -1.92. The van der Waals surface area contributed by atoms with Gasteiger partial charge in [-0.3, -0.25) is 0 Å². The van der Waals surface area contributed by atoms with Crippen molar-refractivity contribution in [2.45, 2.75) is 20.8 Å². The minimum Gasteiger partial charge on any atom is -0.507 e. The van der Waals surface area contributed by atoms with Gasteiger partial charge in [0.25, 0.3) is 0 Å². The zero-order chi connectivity index (χ0) is 15.4. The Labute approximate surface area is 118 Å². The zero-order valence-corrected chi connectivity index (χ0v) is 11.9. The SMILES string of the molecule is C=C(C)C(/C=C(/F)C(=C)c1c(O)cccc1F)=C(C)C. The normalized spacial score (nSPS) is 11.2.